The zero-order valence-electron chi connectivity index (χ0n) is 11.9. The maximum atomic E-state index is 10.1. The molecule has 0 aromatic heterocycles. The van der Waals surface area contributed by atoms with Crippen molar-refractivity contribution in [2.75, 3.05) is 13.7 Å². The minimum Gasteiger partial charge on any atom is -0.493 e. The minimum absolute atomic E-state index is 0.172. The fourth-order valence-electron chi connectivity index (χ4n) is 2.90. The van der Waals surface area contributed by atoms with Crippen LogP contribution < -0.4 is 9.47 Å². The van der Waals surface area contributed by atoms with Crippen LogP contribution in [0.15, 0.2) is 18.2 Å². The summed E-state index contributed by atoms with van der Waals surface area (Å²) in [6.45, 7) is 2.60. The van der Waals surface area contributed by atoms with Gasteiger partial charge < -0.3 is 14.6 Å². The van der Waals surface area contributed by atoms with E-state index in [1.807, 2.05) is 19.1 Å². The van der Waals surface area contributed by atoms with Crippen molar-refractivity contribution in [3.8, 4) is 11.5 Å². The summed E-state index contributed by atoms with van der Waals surface area (Å²) in [5, 5.41) is 10.1. The summed E-state index contributed by atoms with van der Waals surface area (Å²) in [5.74, 6) is 1.97. The molecule has 0 amide bonds. The highest BCUT2D eigenvalue weighted by Gasteiger charge is 2.25. The Labute approximate surface area is 115 Å². The lowest BCUT2D eigenvalue weighted by Crippen LogP contribution is -2.26. The lowest BCUT2D eigenvalue weighted by atomic mass is 9.82. The molecule has 1 aliphatic rings. The van der Waals surface area contributed by atoms with Gasteiger partial charge in [0.2, 0.25) is 0 Å². The second-order valence-corrected chi connectivity index (χ2v) is 5.20. The van der Waals surface area contributed by atoms with E-state index in [1.54, 1.807) is 7.11 Å². The fourth-order valence-corrected chi connectivity index (χ4v) is 2.90. The third-order valence-electron chi connectivity index (χ3n) is 3.92. The maximum Gasteiger partial charge on any atom is 0.164 e. The molecule has 1 aromatic carbocycles. The predicted molar refractivity (Wildman–Crippen MR) is 75.8 cm³/mol. The van der Waals surface area contributed by atoms with Gasteiger partial charge in [0.1, 0.15) is 0 Å². The van der Waals surface area contributed by atoms with Gasteiger partial charge >= 0.3 is 0 Å². The zero-order valence-corrected chi connectivity index (χ0v) is 11.9. The molecule has 0 aliphatic heterocycles. The lowest BCUT2D eigenvalue weighted by Gasteiger charge is -2.28. The Morgan fingerprint density at radius 1 is 1.26 bits per heavy atom. The van der Waals surface area contributed by atoms with Crippen molar-refractivity contribution >= 4 is 0 Å². The molecule has 1 fully saturated rings. The van der Waals surface area contributed by atoms with Crippen LogP contribution in [0.5, 0.6) is 11.5 Å². The van der Waals surface area contributed by atoms with E-state index >= 15 is 0 Å². The SMILES string of the molecule is CCOc1c(CC2CCCCC2O)cccc1OC. The van der Waals surface area contributed by atoms with Crippen LogP contribution in [-0.2, 0) is 6.42 Å². The number of hydrogen-bond acceptors (Lipinski definition) is 3. The quantitative estimate of drug-likeness (QED) is 0.887. The first-order valence-corrected chi connectivity index (χ1v) is 7.23. The molecule has 0 heterocycles. The van der Waals surface area contributed by atoms with Crippen molar-refractivity contribution < 1.29 is 14.6 Å². The lowest BCUT2D eigenvalue weighted by molar-refractivity contribution is 0.0696. The molecule has 3 heteroatoms. The van der Waals surface area contributed by atoms with Gasteiger partial charge in [0.25, 0.3) is 0 Å². The Morgan fingerprint density at radius 3 is 2.74 bits per heavy atom. The molecule has 106 valence electrons. The monoisotopic (exact) mass is 264 g/mol. The van der Waals surface area contributed by atoms with Crippen LogP contribution in [0.1, 0.15) is 38.2 Å². The third kappa shape index (κ3) is 3.41. The van der Waals surface area contributed by atoms with E-state index in [0.717, 1.165) is 42.7 Å². The van der Waals surface area contributed by atoms with Crippen molar-refractivity contribution in [1.29, 1.82) is 0 Å². The van der Waals surface area contributed by atoms with E-state index in [-0.39, 0.29) is 6.10 Å². The Morgan fingerprint density at radius 2 is 2.05 bits per heavy atom. The van der Waals surface area contributed by atoms with Crippen molar-refractivity contribution in [2.24, 2.45) is 5.92 Å². The van der Waals surface area contributed by atoms with Gasteiger partial charge in [-0.1, -0.05) is 25.0 Å². The number of aliphatic hydroxyl groups is 1. The summed E-state index contributed by atoms with van der Waals surface area (Å²) < 4.78 is 11.1. The fraction of sp³-hybridized carbons (Fsp3) is 0.625. The molecule has 1 aromatic rings. The molecular weight excluding hydrogens is 240 g/mol. The molecule has 19 heavy (non-hydrogen) atoms. The van der Waals surface area contributed by atoms with Crippen LogP contribution >= 0.6 is 0 Å². The Kier molecular flexibility index (Phi) is 5.08. The molecule has 2 rings (SSSR count). The van der Waals surface area contributed by atoms with Gasteiger partial charge in [0, 0.05) is 0 Å². The Balaban J connectivity index is 2.18. The Hall–Kier alpha value is -1.22. The molecule has 0 saturated heterocycles. The highest BCUT2D eigenvalue weighted by atomic mass is 16.5. The smallest absolute Gasteiger partial charge is 0.164 e. The molecule has 0 bridgehead atoms. The van der Waals surface area contributed by atoms with Crippen LogP contribution in [-0.4, -0.2) is 24.9 Å². The van der Waals surface area contributed by atoms with Crippen molar-refractivity contribution in [3.63, 3.8) is 0 Å². The van der Waals surface area contributed by atoms with E-state index in [2.05, 4.69) is 6.07 Å². The largest absolute Gasteiger partial charge is 0.493 e. The number of methoxy groups -OCH3 is 1. The molecular formula is C16H24O3. The summed E-state index contributed by atoms with van der Waals surface area (Å²) in [6.07, 6.45) is 5.09. The summed E-state index contributed by atoms with van der Waals surface area (Å²) in [4.78, 5) is 0. The first-order valence-electron chi connectivity index (χ1n) is 7.23. The predicted octanol–water partition coefficient (Wildman–Crippen LogP) is 3.19. The average Bonchev–Trinajstić information content (AvgIpc) is 2.43. The summed E-state index contributed by atoms with van der Waals surface area (Å²) in [7, 11) is 1.66. The zero-order chi connectivity index (χ0) is 13.7. The molecule has 0 spiro atoms. The van der Waals surface area contributed by atoms with Gasteiger partial charge in [-0.15, -0.1) is 0 Å². The molecule has 1 aliphatic carbocycles. The number of ether oxygens (including phenoxy) is 2. The van der Waals surface area contributed by atoms with Gasteiger partial charge in [-0.2, -0.15) is 0 Å². The first kappa shape index (κ1) is 14.2. The van der Waals surface area contributed by atoms with Crippen LogP contribution in [0.4, 0.5) is 0 Å². The van der Waals surface area contributed by atoms with E-state index in [0.29, 0.717) is 12.5 Å². The molecule has 0 radical (unpaired) electrons. The number of para-hydroxylation sites is 1. The van der Waals surface area contributed by atoms with Crippen molar-refractivity contribution in [3.05, 3.63) is 23.8 Å². The molecule has 3 nitrogen and oxygen atoms in total. The number of hydrogen-bond donors (Lipinski definition) is 1. The highest BCUT2D eigenvalue weighted by Crippen LogP contribution is 2.35. The van der Waals surface area contributed by atoms with Gasteiger partial charge in [-0.05, 0) is 43.7 Å². The summed E-state index contributed by atoms with van der Waals surface area (Å²) in [5.41, 5.74) is 1.15. The summed E-state index contributed by atoms with van der Waals surface area (Å²) >= 11 is 0. The van der Waals surface area contributed by atoms with Gasteiger partial charge in [-0.25, -0.2) is 0 Å². The maximum absolute atomic E-state index is 10.1. The normalized spacial score (nSPS) is 23.1. The number of benzene rings is 1. The van der Waals surface area contributed by atoms with E-state index in [9.17, 15) is 5.11 Å². The van der Waals surface area contributed by atoms with Crippen molar-refractivity contribution in [2.45, 2.75) is 45.1 Å². The van der Waals surface area contributed by atoms with E-state index < -0.39 is 0 Å². The second kappa shape index (κ2) is 6.80. The first-order chi connectivity index (χ1) is 9.26. The molecule has 1 saturated carbocycles. The van der Waals surface area contributed by atoms with E-state index in [1.165, 1.54) is 6.42 Å². The third-order valence-corrected chi connectivity index (χ3v) is 3.92. The molecule has 2 atom stereocenters. The topological polar surface area (TPSA) is 38.7 Å². The molecule has 1 N–H and O–H groups in total. The Bertz CT molecular complexity index is 403. The van der Waals surface area contributed by atoms with Crippen molar-refractivity contribution in [1.82, 2.24) is 0 Å². The molecule has 2 unspecified atom stereocenters. The summed E-state index contributed by atoms with van der Waals surface area (Å²) in [6, 6.07) is 5.99. The van der Waals surface area contributed by atoms with Gasteiger partial charge in [-0.3, -0.25) is 0 Å². The average molecular weight is 264 g/mol. The van der Waals surface area contributed by atoms with E-state index in [4.69, 9.17) is 9.47 Å². The number of aliphatic hydroxyl groups excluding tert-OH is 1. The second-order valence-electron chi connectivity index (χ2n) is 5.20. The van der Waals surface area contributed by atoms with Crippen LogP contribution in [0.25, 0.3) is 0 Å². The van der Waals surface area contributed by atoms with Gasteiger partial charge in [0.15, 0.2) is 11.5 Å². The van der Waals surface area contributed by atoms with Gasteiger partial charge in [0.05, 0.1) is 19.8 Å². The van der Waals surface area contributed by atoms with Crippen LogP contribution in [0, 0.1) is 5.92 Å². The number of rotatable bonds is 5. The van der Waals surface area contributed by atoms with Crippen LogP contribution in [0.3, 0.4) is 0 Å². The van der Waals surface area contributed by atoms with Crippen LogP contribution in [0.2, 0.25) is 0 Å². The highest BCUT2D eigenvalue weighted by molar-refractivity contribution is 5.46. The minimum atomic E-state index is -0.172. The standard InChI is InChI=1S/C16H24O3/c1-3-19-16-13(8-6-10-15(16)18-2)11-12-7-4-5-9-14(12)17/h6,8,10,12,14,17H,3-5,7,9,11H2,1-2H3.